The molecule has 0 aromatic heterocycles. The number of methoxy groups -OCH3 is 1. The highest BCUT2D eigenvalue weighted by atomic mass is 32.2. The highest BCUT2D eigenvalue weighted by Crippen LogP contribution is 2.25. The lowest BCUT2D eigenvalue weighted by Crippen LogP contribution is -2.39. The van der Waals surface area contributed by atoms with Crippen LogP contribution in [0.5, 0.6) is 5.75 Å². The summed E-state index contributed by atoms with van der Waals surface area (Å²) >= 11 is 1.90. The van der Waals surface area contributed by atoms with E-state index in [9.17, 15) is 0 Å². The van der Waals surface area contributed by atoms with Gasteiger partial charge in [-0.05, 0) is 49.5 Å². The van der Waals surface area contributed by atoms with E-state index >= 15 is 0 Å². The Hall–Kier alpha value is -1.36. The van der Waals surface area contributed by atoms with Crippen LogP contribution in [0, 0.1) is 0 Å². The van der Waals surface area contributed by atoms with Crippen LogP contribution in [0.15, 0.2) is 29.3 Å². The van der Waals surface area contributed by atoms with E-state index in [0.29, 0.717) is 0 Å². The van der Waals surface area contributed by atoms with Crippen molar-refractivity contribution in [2.75, 3.05) is 38.8 Å². The monoisotopic (exact) mass is 351 g/mol. The molecule has 24 heavy (non-hydrogen) atoms. The molecule has 1 rings (SSSR count). The standard InChI is InChI=1S/C19H33N3OS/c1-6-20-18(21-13-7-8-14-24-5)22-15-19(2,3)16-9-11-17(23-4)12-10-16/h9-12H,6-8,13-15H2,1-5H3,(H2,20,21,22). The van der Waals surface area contributed by atoms with E-state index in [1.807, 2.05) is 23.9 Å². The van der Waals surface area contributed by atoms with Crippen LogP contribution in [0.3, 0.4) is 0 Å². The van der Waals surface area contributed by atoms with Gasteiger partial charge < -0.3 is 15.4 Å². The van der Waals surface area contributed by atoms with Crippen molar-refractivity contribution in [2.24, 2.45) is 4.99 Å². The molecule has 1 aromatic rings. The Bertz CT molecular complexity index is 486. The maximum Gasteiger partial charge on any atom is 0.191 e. The van der Waals surface area contributed by atoms with Crippen LogP contribution in [0.25, 0.3) is 0 Å². The molecule has 4 nitrogen and oxygen atoms in total. The third kappa shape index (κ3) is 7.47. The summed E-state index contributed by atoms with van der Waals surface area (Å²) in [6, 6.07) is 8.26. The number of hydrogen-bond donors (Lipinski definition) is 2. The number of unbranched alkanes of at least 4 members (excludes halogenated alkanes) is 1. The molecule has 0 fully saturated rings. The van der Waals surface area contributed by atoms with Gasteiger partial charge in [-0.2, -0.15) is 11.8 Å². The Morgan fingerprint density at radius 3 is 2.46 bits per heavy atom. The maximum absolute atomic E-state index is 5.24. The number of guanidine groups is 1. The Labute approximate surface area is 151 Å². The van der Waals surface area contributed by atoms with Crippen molar-refractivity contribution in [3.63, 3.8) is 0 Å². The molecular formula is C19H33N3OS. The molecule has 0 atom stereocenters. The van der Waals surface area contributed by atoms with Gasteiger partial charge in [0.2, 0.25) is 0 Å². The number of rotatable bonds is 10. The average molecular weight is 352 g/mol. The highest BCUT2D eigenvalue weighted by molar-refractivity contribution is 7.98. The van der Waals surface area contributed by atoms with Gasteiger partial charge in [0, 0.05) is 18.5 Å². The fraction of sp³-hybridized carbons (Fsp3) is 0.632. The van der Waals surface area contributed by atoms with E-state index in [-0.39, 0.29) is 5.41 Å². The zero-order valence-corrected chi connectivity index (χ0v) is 16.6. The first kappa shape index (κ1) is 20.7. The van der Waals surface area contributed by atoms with Gasteiger partial charge in [-0.25, -0.2) is 0 Å². The highest BCUT2D eigenvalue weighted by Gasteiger charge is 2.20. The van der Waals surface area contributed by atoms with Crippen molar-refractivity contribution in [1.29, 1.82) is 0 Å². The number of benzene rings is 1. The molecule has 0 unspecified atom stereocenters. The third-order valence-corrected chi connectivity index (χ3v) is 4.61. The number of ether oxygens (including phenoxy) is 1. The molecule has 0 saturated carbocycles. The van der Waals surface area contributed by atoms with Gasteiger partial charge in [-0.1, -0.05) is 26.0 Å². The van der Waals surface area contributed by atoms with Gasteiger partial charge in [0.25, 0.3) is 0 Å². The molecule has 1 aromatic carbocycles. The summed E-state index contributed by atoms with van der Waals surface area (Å²) in [5.41, 5.74) is 1.25. The molecule has 0 radical (unpaired) electrons. The van der Waals surface area contributed by atoms with Crippen molar-refractivity contribution in [1.82, 2.24) is 10.6 Å². The average Bonchev–Trinajstić information content (AvgIpc) is 2.59. The summed E-state index contributed by atoms with van der Waals surface area (Å²) in [4.78, 5) is 4.78. The summed E-state index contributed by atoms with van der Waals surface area (Å²) in [5.74, 6) is 3.02. The second-order valence-corrected chi connectivity index (χ2v) is 7.42. The SMILES string of the molecule is CCNC(=NCC(C)(C)c1ccc(OC)cc1)NCCCCSC. The Balaban J connectivity index is 2.61. The van der Waals surface area contributed by atoms with Gasteiger partial charge in [-0.15, -0.1) is 0 Å². The van der Waals surface area contributed by atoms with Crippen LogP contribution in [-0.4, -0.2) is 44.7 Å². The van der Waals surface area contributed by atoms with Crippen LogP contribution in [0.2, 0.25) is 0 Å². The lowest BCUT2D eigenvalue weighted by molar-refractivity contribution is 0.414. The van der Waals surface area contributed by atoms with E-state index in [2.05, 4.69) is 49.8 Å². The first-order chi connectivity index (χ1) is 11.5. The summed E-state index contributed by atoms with van der Waals surface area (Å²) in [6.45, 7) is 9.12. The largest absolute Gasteiger partial charge is 0.497 e. The minimum Gasteiger partial charge on any atom is -0.497 e. The number of aliphatic imine (C=N–C) groups is 1. The summed E-state index contributed by atoms with van der Waals surface area (Å²) in [6.07, 6.45) is 4.57. The van der Waals surface area contributed by atoms with E-state index < -0.39 is 0 Å². The summed E-state index contributed by atoms with van der Waals surface area (Å²) in [7, 11) is 1.69. The quantitative estimate of drug-likeness (QED) is 0.383. The molecule has 0 aliphatic rings. The predicted molar refractivity (Wildman–Crippen MR) is 108 cm³/mol. The van der Waals surface area contributed by atoms with Gasteiger partial charge >= 0.3 is 0 Å². The fourth-order valence-electron chi connectivity index (χ4n) is 2.33. The van der Waals surface area contributed by atoms with Gasteiger partial charge in [-0.3, -0.25) is 4.99 Å². The third-order valence-electron chi connectivity index (χ3n) is 3.92. The predicted octanol–water partition coefficient (Wildman–Crippen LogP) is 3.67. The minimum absolute atomic E-state index is 0.0204. The van der Waals surface area contributed by atoms with E-state index in [1.165, 1.54) is 24.2 Å². The molecule has 2 N–H and O–H groups in total. The van der Waals surface area contributed by atoms with Gasteiger partial charge in [0.15, 0.2) is 5.96 Å². The molecule has 0 amide bonds. The van der Waals surface area contributed by atoms with Crippen LogP contribution >= 0.6 is 11.8 Å². The molecule has 0 aliphatic carbocycles. The van der Waals surface area contributed by atoms with Crippen LogP contribution < -0.4 is 15.4 Å². The lowest BCUT2D eigenvalue weighted by atomic mass is 9.85. The fourth-order valence-corrected chi connectivity index (χ4v) is 2.82. The second-order valence-electron chi connectivity index (χ2n) is 6.43. The van der Waals surface area contributed by atoms with Crippen molar-refractivity contribution in [2.45, 2.75) is 39.0 Å². The zero-order chi connectivity index (χ0) is 17.8. The molecule has 0 spiro atoms. The van der Waals surface area contributed by atoms with E-state index in [0.717, 1.165) is 31.3 Å². The molecule has 0 saturated heterocycles. The molecule has 0 heterocycles. The topological polar surface area (TPSA) is 45.7 Å². The molecule has 0 aliphatic heterocycles. The number of thioether (sulfide) groups is 1. The normalized spacial score (nSPS) is 12.1. The smallest absolute Gasteiger partial charge is 0.191 e. The first-order valence-electron chi connectivity index (χ1n) is 8.69. The molecular weight excluding hydrogens is 318 g/mol. The van der Waals surface area contributed by atoms with Crippen LogP contribution in [0.1, 0.15) is 39.2 Å². The number of hydrogen-bond acceptors (Lipinski definition) is 3. The first-order valence-corrected chi connectivity index (χ1v) is 10.1. The van der Waals surface area contributed by atoms with E-state index in [4.69, 9.17) is 9.73 Å². The number of nitrogens with one attached hydrogen (secondary N) is 2. The Morgan fingerprint density at radius 1 is 1.17 bits per heavy atom. The zero-order valence-electron chi connectivity index (χ0n) is 15.8. The van der Waals surface area contributed by atoms with Crippen molar-refractivity contribution in [3.05, 3.63) is 29.8 Å². The van der Waals surface area contributed by atoms with E-state index in [1.54, 1.807) is 7.11 Å². The van der Waals surface area contributed by atoms with Crippen molar-refractivity contribution >= 4 is 17.7 Å². The van der Waals surface area contributed by atoms with Crippen LogP contribution in [0.4, 0.5) is 0 Å². The lowest BCUT2D eigenvalue weighted by Gasteiger charge is -2.24. The maximum atomic E-state index is 5.24. The summed E-state index contributed by atoms with van der Waals surface area (Å²) < 4.78 is 5.24. The van der Waals surface area contributed by atoms with Gasteiger partial charge in [0.05, 0.1) is 13.7 Å². The summed E-state index contributed by atoms with van der Waals surface area (Å²) in [5, 5.41) is 6.76. The molecule has 136 valence electrons. The van der Waals surface area contributed by atoms with Gasteiger partial charge in [0.1, 0.15) is 5.75 Å². The van der Waals surface area contributed by atoms with Crippen molar-refractivity contribution in [3.8, 4) is 5.75 Å². The number of nitrogens with zero attached hydrogens (tertiary/aromatic N) is 1. The van der Waals surface area contributed by atoms with Crippen LogP contribution in [-0.2, 0) is 5.41 Å². The molecule has 0 bridgehead atoms. The Kier molecular flexibility index (Phi) is 9.69. The molecule has 5 heteroatoms. The van der Waals surface area contributed by atoms with Crippen molar-refractivity contribution < 1.29 is 4.74 Å². The minimum atomic E-state index is -0.0204. The Morgan fingerprint density at radius 2 is 1.88 bits per heavy atom. The second kappa shape index (κ2) is 11.2.